The van der Waals surface area contributed by atoms with Gasteiger partial charge in [-0.05, 0) is 29.8 Å². The minimum Gasteiger partial charge on any atom is -0.508 e. The first kappa shape index (κ1) is 22.0. The number of aromatic nitrogens is 2. The number of amides is 2. The van der Waals surface area contributed by atoms with Gasteiger partial charge in [0.1, 0.15) is 29.3 Å². The third kappa shape index (κ3) is 4.34. The first-order chi connectivity index (χ1) is 16.5. The van der Waals surface area contributed by atoms with E-state index < -0.39 is 12.1 Å². The summed E-state index contributed by atoms with van der Waals surface area (Å²) in [5, 5.41) is 16.8. The molecule has 1 aromatic heterocycles. The summed E-state index contributed by atoms with van der Waals surface area (Å²) in [4.78, 5) is 29.9. The topological polar surface area (TPSA) is 99.9 Å². The summed E-state index contributed by atoms with van der Waals surface area (Å²) in [6.07, 6.45) is 4.18. The molecule has 2 atom stereocenters. The third-order valence-corrected chi connectivity index (χ3v) is 6.42. The van der Waals surface area contributed by atoms with E-state index in [1.807, 2.05) is 36.7 Å². The molecule has 176 valence electrons. The van der Waals surface area contributed by atoms with Crippen molar-refractivity contribution in [3.8, 4) is 17.2 Å². The van der Waals surface area contributed by atoms with Gasteiger partial charge in [-0.1, -0.05) is 24.3 Å². The molecule has 0 unspecified atom stereocenters. The number of piperazine rings is 2. The number of ether oxygens (including phenoxy) is 1. The van der Waals surface area contributed by atoms with Gasteiger partial charge in [-0.3, -0.25) is 14.5 Å². The van der Waals surface area contributed by atoms with Crippen molar-refractivity contribution in [2.24, 2.45) is 0 Å². The van der Waals surface area contributed by atoms with Crippen LogP contribution in [0.1, 0.15) is 11.1 Å². The van der Waals surface area contributed by atoms with Gasteiger partial charge in [0.05, 0.1) is 13.3 Å². The van der Waals surface area contributed by atoms with Gasteiger partial charge in [-0.25, -0.2) is 4.68 Å². The van der Waals surface area contributed by atoms with Crippen LogP contribution in [0.3, 0.4) is 0 Å². The molecule has 0 spiro atoms. The average Bonchev–Trinajstić information content (AvgIpc) is 3.32. The van der Waals surface area contributed by atoms with E-state index in [9.17, 15) is 14.7 Å². The van der Waals surface area contributed by atoms with E-state index in [4.69, 9.17) is 4.74 Å². The van der Waals surface area contributed by atoms with Gasteiger partial charge in [0, 0.05) is 44.4 Å². The molecule has 0 radical (unpaired) electrons. The van der Waals surface area contributed by atoms with Gasteiger partial charge >= 0.3 is 0 Å². The molecule has 9 nitrogen and oxygen atoms in total. The van der Waals surface area contributed by atoms with Gasteiger partial charge < -0.3 is 20.1 Å². The van der Waals surface area contributed by atoms with Gasteiger partial charge in [0.25, 0.3) is 0 Å². The van der Waals surface area contributed by atoms with Crippen LogP contribution in [-0.2, 0) is 22.6 Å². The summed E-state index contributed by atoms with van der Waals surface area (Å²) in [5.41, 5.74) is 2.77. The monoisotopic (exact) mass is 461 g/mol. The minimum absolute atomic E-state index is 0.0543. The number of methoxy groups -OCH3 is 1. The highest BCUT2D eigenvalue weighted by atomic mass is 16.5. The number of nitrogens with zero attached hydrogens (tertiary/aromatic N) is 4. The Hall–Kier alpha value is -3.85. The number of carbonyl (C=O) groups excluding carboxylic acids is 2. The maximum Gasteiger partial charge on any atom is 0.246 e. The fourth-order valence-corrected chi connectivity index (χ4v) is 4.66. The van der Waals surface area contributed by atoms with E-state index in [2.05, 4.69) is 15.3 Å². The maximum atomic E-state index is 13.1. The molecule has 5 rings (SSSR count). The molecule has 2 fully saturated rings. The van der Waals surface area contributed by atoms with E-state index in [0.717, 1.165) is 22.6 Å². The normalized spacial score (nSPS) is 20.7. The predicted molar refractivity (Wildman–Crippen MR) is 125 cm³/mol. The molecule has 2 amide bonds. The average molecular weight is 462 g/mol. The van der Waals surface area contributed by atoms with E-state index >= 15 is 0 Å². The second-order valence-electron chi connectivity index (χ2n) is 8.68. The molecule has 2 aromatic carbocycles. The highest BCUT2D eigenvalue weighted by molar-refractivity contribution is 5.97. The van der Waals surface area contributed by atoms with Crippen LogP contribution in [0.5, 0.6) is 11.5 Å². The largest absolute Gasteiger partial charge is 0.508 e. The Labute approximate surface area is 197 Å². The lowest BCUT2D eigenvalue weighted by Gasteiger charge is -2.45. The minimum atomic E-state index is -0.584. The van der Waals surface area contributed by atoms with Crippen LogP contribution in [0, 0.1) is 0 Å². The Kier molecular flexibility index (Phi) is 5.93. The first-order valence-corrected chi connectivity index (χ1v) is 11.3. The maximum absolute atomic E-state index is 13.1. The summed E-state index contributed by atoms with van der Waals surface area (Å²) in [6, 6.07) is 13.3. The van der Waals surface area contributed by atoms with Crippen molar-refractivity contribution in [2.45, 2.75) is 25.0 Å². The smallest absolute Gasteiger partial charge is 0.246 e. The number of para-hydroxylation sites is 2. The van der Waals surface area contributed by atoms with Crippen molar-refractivity contribution in [3.05, 3.63) is 72.1 Å². The number of hydrogen-bond donors (Lipinski definition) is 2. The molecule has 2 N–H and O–H groups in total. The zero-order valence-electron chi connectivity index (χ0n) is 18.9. The summed E-state index contributed by atoms with van der Waals surface area (Å²) in [6.45, 7) is 2.30. The van der Waals surface area contributed by atoms with Crippen molar-refractivity contribution >= 4 is 11.8 Å². The van der Waals surface area contributed by atoms with Gasteiger partial charge in [-0.15, -0.1) is 0 Å². The van der Waals surface area contributed by atoms with Crippen LogP contribution in [0.15, 0.2) is 60.9 Å². The molecule has 3 heterocycles. The molecule has 3 aromatic rings. The SMILES string of the molecule is COc1ccccc1-n1cc(CN2CCN3C(=O)[C@@H](Cc4ccc(O)cc4)NC(=O)[C@H]3C2)cn1. The molecule has 2 aliphatic heterocycles. The third-order valence-electron chi connectivity index (χ3n) is 6.42. The van der Waals surface area contributed by atoms with Gasteiger partial charge in [0.15, 0.2) is 0 Å². The number of nitrogens with one attached hydrogen (secondary N) is 1. The molecule has 0 aliphatic carbocycles. The molecule has 0 saturated carbocycles. The van der Waals surface area contributed by atoms with Crippen LogP contribution in [0.4, 0.5) is 0 Å². The highest BCUT2D eigenvalue weighted by Crippen LogP contribution is 2.23. The van der Waals surface area contributed by atoms with Crippen molar-refractivity contribution < 1.29 is 19.4 Å². The standard InChI is InChI=1S/C25H27N5O4/c1-34-23-5-3-2-4-21(23)30-15-18(13-26-30)14-28-10-11-29-22(16-28)24(32)27-20(25(29)33)12-17-6-8-19(31)9-7-17/h2-9,13,15,20,22,31H,10-12,14,16H2,1H3,(H,27,32)/t20-,22-/m1/s1. The van der Waals surface area contributed by atoms with Crippen molar-refractivity contribution in [1.29, 1.82) is 0 Å². The van der Waals surface area contributed by atoms with E-state index in [0.29, 0.717) is 32.6 Å². The van der Waals surface area contributed by atoms with Crippen LogP contribution in [-0.4, -0.2) is 75.3 Å². The second-order valence-corrected chi connectivity index (χ2v) is 8.68. The van der Waals surface area contributed by atoms with Crippen LogP contribution in [0.2, 0.25) is 0 Å². The van der Waals surface area contributed by atoms with Gasteiger partial charge in [0.2, 0.25) is 11.8 Å². The summed E-state index contributed by atoms with van der Waals surface area (Å²) in [7, 11) is 1.63. The van der Waals surface area contributed by atoms with Crippen molar-refractivity contribution in [3.63, 3.8) is 0 Å². The fraction of sp³-hybridized carbons (Fsp3) is 0.320. The number of rotatable bonds is 6. The lowest BCUT2D eigenvalue weighted by Crippen LogP contribution is -2.69. The molecule has 2 aliphatic rings. The molecule has 9 heteroatoms. The first-order valence-electron chi connectivity index (χ1n) is 11.3. The molecule has 0 bridgehead atoms. The number of benzene rings is 2. The Balaban J connectivity index is 1.23. The Morgan fingerprint density at radius 2 is 1.88 bits per heavy atom. The fourth-order valence-electron chi connectivity index (χ4n) is 4.66. The lowest BCUT2D eigenvalue weighted by molar-refractivity contribution is -0.153. The van der Waals surface area contributed by atoms with E-state index in [1.165, 1.54) is 0 Å². The van der Waals surface area contributed by atoms with Crippen LogP contribution in [0.25, 0.3) is 5.69 Å². The summed E-state index contributed by atoms with van der Waals surface area (Å²) in [5.74, 6) is 0.733. The summed E-state index contributed by atoms with van der Waals surface area (Å²) >= 11 is 0. The number of phenolic OH excluding ortho intramolecular Hbond substituents is 1. The number of carbonyl (C=O) groups is 2. The molecular formula is C25H27N5O4. The van der Waals surface area contributed by atoms with Crippen LogP contribution < -0.4 is 10.1 Å². The number of aromatic hydroxyl groups is 1. The molecular weight excluding hydrogens is 434 g/mol. The predicted octanol–water partition coefficient (Wildman–Crippen LogP) is 1.34. The number of hydrogen-bond acceptors (Lipinski definition) is 6. The lowest BCUT2D eigenvalue weighted by atomic mass is 9.98. The Morgan fingerprint density at radius 3 is 2.68 bits per heavy atom. The zero-order chi connectivity index (χ0) is 23.7. The Bertz CT molecular complexity index is 1190. The number of fused-ring (bicyclic) bond motifs is 1. The zero-order valence-corrected chi connectivity index (χ0v) is 18.9. The second kappa shape index (κ2) is 9.18. The highest BCUT2D eigenvalue weighted by Gasteiger charge is 2.43. The summed E-state index contributed by atoms with van der Waals surface area (Å²) < 4.78 is 7.21. The van der Waals surface area contributed by atoms with Gasteiger partial charge in [-0.2, -0.15) is 5.10 Å². The van der Waals surface area contributed by atoms with Crippen molar-refractivity contribution in [1.82, 2.24) is 24.9 Å². The Morgan fingerprint density at radius 1 is 1.09 bits per heavy atom. The van der Waals surface area contributed by atoms with E-state index in [1.54, 1.807) is 41.0 Å². The van der Waals surface area contributed by atoms with Crippen molar-refractivity contribution in [2.75, 3.05) is 26.7 Å². The number of phenols is 1. The molecule has 34 heavy (non-hydrogen) atoms. The molecule has 2 saturated heterocycles. The van der Waals surface area contributed by atoms with E-state index in [-0.39, 0.29) is 17.6 Å². The van der Waals surface area contributed by atoms with Crippen LogP contribution >= 0.6 is 0 Å². The quantitative estimate of drug-likeness (QED) is 0.575.